The van der Waals surface area contributed by atoms with Crippen molar-refractivity contribution in [2.24, 2.45) is 0 Å². The first-order valence-corrected chi connectivity index (χ1v) is 6.10. The van der Waals surface area contributed by atoms with Gasteiger partial charge in [-0.1, -0.05) is 0 Å². The van der Waals surface area contributed by atoms with Gasteiger partial charge in [0.15, 0.2) is 5.78 Å². The summed E-state index contributed by atoms with van der Waals surface area (Å²) in [7, 11) is 1.61. The summed E-state index contributed by atoms with van der Waals surface area (Å²) in [5, 5.41) is 0. The van der Waals surface area contributed by atoms with Crippen LogP contribution in [-0.2, 0) is 4.74 Å². The van der Waals surface area contributed by atoms with E-state index in [0.717, 1.165) is 18.7 Å². The van der Waals surface area contributed by atoms with Crippen molar-refractivity contribution in [3.8, 4) is 0 Å². The predicted octanol–water partition coefficient (Wildman–Crippen LogP) is 2.75. The Balaban J connectivity index is 2.70. The average molecular weight is 235 g/mol. The normalized spacial score (nSPS) is 10.3. The van der Waals surface area contributed by atoms with Crippen LogP contribution in [0.5, 0.6) is 0 Å². The third-order valence-corrected chi connectivity index (χ3v) is 2.85. The van der Waals surface area contributed by atoms with Gasteiger partial charge in [0.1, 0.15) is 0 Å². The third kappa shape index (κ3) is 3.86. The van der Waals surface area contributed by atoms with Crippen molar-refractivity contribution < 1.29 is 9.53 Å². The molecule has 0 N–H and O–H groups in total. The summed E-state index contributed by atoms with van der Waals surface area (Å²) in [6, 6.07) is 7.80. The first kappa shape index (κ1) is 13.7. The summed E-state index contributed by atoms with van der Waals surface area (Å²) in [5.74, 6) is 0.137. The van der Waals surface area contributed by atoms with Gasteiger partial charge in [-0.3, -0.25) is 4.79 Å². The molecule has 1 aromatic carbocycles. The molecule has 0 atom stereocenters. The second-order valence-electron chi connectivity index (χ2n) is 3.89. The van der Waals surface area contributed by atoms with E-state index in [4.69, 9.17) is 4.74 Å². The lowest BCUT2D eigenvalue weighted by Crippen LogP contribution is -2.21. The number of rotatable bonds is 7. The Kier molecular flexibility index (Phi) is 5.70. The standard InChI is InChI=1S/C14H21NO2/c1-4-15(5-2)13-8-6-12(7-9-13)14(16)10-11-17-3/h6-9H,4-5,10-11H2,1-3H3. The van der Waals surface area contributed by atoms with E-state index in [-0.39, 0.29) is 5.78 Å². The topological polar surface area (TPSA) is 29.5 Å². The first-order chi connectivity index (χ1) is 8.22. The molecule has 0 fully saturated rings. The molecule has 0 heterocycles. The van der Waals surface area contributed by atoms with Crippen LogP contribution in [0.3, 0.4) is 0 Å². The highest BCUT2D eigenvalue weighted by Crippen LogP contribution is 2.15. The highest BCUT2D eigenvalue weighted by Gasteiger charge is 2.06. The molecule has 3 nitrogen and oxygen atoms in total. The number of carbonyl (C=O) groups is 1. The Morgan fingerprint density at radius 2 is 1.76 bits per heavy atom. The van der Waals surface area contributed by atoms with E-state index in [9.17, 15) is 4.79 Å². The number of Topliss-reactive ketones (excluding diaryl/α,β-unsaturated/α-hetero) is 1. The maximum atomic E-state index is 11.7. The Hall–Kier alpha value is -1.35. The van der Waals surface area contributed by atoms with Gasteiger partial charge in [0, 0.05) is 37.9 Å². The highest BCUT2D eigenvalue weighted by atomic mass is 16.5. The van der Waals surface area contributed by atoms with E-state index in [0.29, 0.717) is 13.0 Å². The van der Waals surface area contributed by atoms with E-state index >= 15 is 0 Å². The molecule has 17 heavy (non-hydrogen) atoms. The third-order valence-electron chi connectivity index (χ3n) is 2.85. The largest absolute Gasteiger partial charge is 0.384 e. The van der Waals surface area contributed by atoms with E-state index in [1.165, 1.54) is 5.69 Å². The van der Waals surface area contributed by atoms with Gasteiger partial charge in [-0.25, -0.2) is 0 Å². The molecule has 0 aliphatic carbocycles. The van der Waals surface area contributed by atoms with Crippen LogP contribution in [0.15, 0.2) is 24.3 Å². The molecule has 1 rings (SSSR count). The van der Waals surface area contributed by atoms with Gasteiger partial charge in [-0.2, -0.15) is 0 Å². The maximum Gasteiger partial charge on any atom is 0.165 e. The van der Waals surface area contributed by atoms with Gasteiger partial charge in [-0.05, 0) is 38.1 Å². The van der Waals surface area contributed by atoms with E-state index < -0.39 is 0 Å². The molecule has 0 aliphatic heterocycles. The summed E-state index contributed by atoms with van der Waals surface area (Å²) >= 11 is 0. The minimum absolute atomic E-state index is 0.137. The highest BCUT2D eigenvalue weighted by molar-refractivity contribution is 5.96. The number of methoxy groups -OCH3 is 1. The fourth-order valence-corrected chi connectivity index (χ4v) is 1.79. The van der Waals surface area contributed by atoms with Gasteiger partial charge < -0.3 is 9.64 Å². The zero-order valence-electron chi connectivity index (χ0n) is 10.9. The van der Waals surface area contributed by atoms with Crippen molar-refractivity contribution >= 4 is 11.5 Å². The van der Waals surface area contributed by atoms with Crippen molar-refractivity contribution in [1.82, 2.24) is 0 Å². The molecule has 0 radical (unpaired) electrons. The quantitative estimate of drug-likeness (QED) is 0.681. The van der Waals surface area contributed by atoms with E-state index in [1.54, 1.807) is 7.11 Å². The van der Waals surface area contributed by atoms with Crippen molar-refractivity contribution in [1.29, 1.82) is 0 Å². The van der Waals surface area contributed by atoms with Crippen LogP contribution < -0.4 is 4.90 Å². The fraction of sp³-hybridized carbons (Fsp3) is 0.500. The van der Waals surface area contributed by atoms with E-state index in [1.807, 2.05) is 24.3 Å². The van der Waals surface area contributed by atoms with Gasteiger partial charge >= 0.3 is 0 Å². The molecule has 0 saturated carbocycles. The first-order valence-electron chi connectivity index (χ1n) is 6.10. The zero-order valence-corrected chi connectivity index (χ0v) is 10.9. The van der Waals surface area contributed by atoms with Crippen LogP contribution in [-0.4, -0.2) is 32.6 Å². The summed E-state index contributed by atoms with van der Waals surface area (Å²) in [6.07, 6.45) is 0.446. The minimum Gasteiger partial charge on any atom is -0.384 e. The molecule has 0 unspecified atom stereocenters. The molecule has 0 aromatic heterocycles. The monoisotopic (exact) mass is 235 g/mol. The van der Waals surface area contributed by atoms with Gasteiger partial charge in [0.05, 0.1) is 6.61 Å². The Bertz CT molecular complexity index is 342. The summed E-state index contributed by atoms with van der Waals surface area (Å²) in [5.41, 5.74) is 1.93. The maximum absolute atomic E-state index is 11.7. The average Bonchev–Trinajstić information content (AvgIpc) is 2.38. The molecule has 0 amide bonds. The number of ketones is 1. The number of ether oxygens (including phenoxy) is 1. The SMILES string of the molecule is CCN(CC)c1ccc(C(=O)CCOC)cc1. The second kappa shape index (κ2) is 7.07. The smallest absolute Gasteiger partial charge is 0.165 e. The fourth-order valence-electron chi connectivity index (χ4n) is 1.79. The summed E-state index contributed by atoms with van der Waals surface area (Å²) < 4.78 is 4.90. The number of hydrogen-bond acceptors (Lipinski definition) is 3. The van der Waals surface area contributed by atoms with Gasteiger partial charge in [0.25, 0.3) is 0 Å². The molecule has 1 aromatic rings. The number of carbonyl (C=O) groups excluding carboxylic acids is 1. The predicted molar refractivity (Wildman–Crippen MR) is 70.8 cm³/mol. The molecule has 0 bridgehead atoms. The van der Waals surface area contributed by atoms with Gasteiger partial charge in [0.2, 0.25) is 0 Å². The van der Waals surface area contributed by atoms with Gasteiger partial charge in [-0.15, -0.1) is 0 Å². The van der Waals surface area contributed by atoms with E-state index in [2.05, 4.69) is 18.7 Å². The Labute approximate surface area is 103 Å². The molecular weight excluding hydrogens is 214 g/mol. The zero-order chi connectivity index (χ0) is 12.7. The molecule has 3 heteroatoms. The van der Waals surface area contributed by atoms with Crippen LogP contribution in [0.25, 0.3) is 0 Å². The number of nitrogens with zero attached hydrogens (tertiary/aromatic N) is 1. The Morgan fingerprint density at radius 1 is 1.18 bits per heavy atom. The second-order valence-corrected chi connectivity index (χ2v) is 3.89. The van der Waals surface area contributed by atoms with Crippen LogP contribution in [0.2, 0.25) is 0 Å². The summed E-state index contributed by atoms with van der Waals surface area (Å²) in [4.78, 5) is 14.0. The van der Waals surface area contributed by atoms with Crippen LogP contribution in [0.4, 0.5) is 5.69 Å². The van der Waals surface area contributed by atoms with Crippen LogP contribution in [0, 0.1) is 0 Å². The number of benzene rings is 1. The van der Waals surface area contributed by atoms with Crippen molar-refractivity contribution in [2.75, 3.05) is 31.7 Å². The van der Waals surface area contributed by atoms with Crippen molar-refractivity contribution in [3.63, 3.8) is 0 Å². The molecule has 0 saturated heterocycles. The lowest BCUT2D eigenvalue weighted by Gasteiger charge is -2.20. The molecule has 94 valence electrons. The minimum atomic E-state index is 0.137. The summed E-state index contributed by atoms with van der Waals surface area (Å²) in [6.45, 7) is 6.69. The lowest BCUT2D eigenvalue weighted by atomic mass is 10.1. The van der Waals surface area contributed by atoms with Crippen LogP contribution >= 0.6 is 0 Å². The van der Waals surface area contributed by atoms with Crippen molar-refractivity contribution in [2.45, 2.75) is 20.3 Å². The molecule has 0 aliphatic rings. The molecule has 0 spiro atoms. The number of hydrogen-bond donors (Lipinski definition) is 0. The molecular formula is C14H21NO2. The Morgan fingerprint density at radius 3 is 2.24 bits per heavy atom. The number of anilines is 1. The lowest BCUT2D eigenvalue weighted by molar-refractivity contribution is 0.0932. The van der Waals surface area contributed by atoms with Crippen molar-refractivity contribution in [3.05, 3.63) is 29.8 Å². The van der Waals surface area contributed by atoms with Crippen LogP contribution in [0.1, 0.15) is 30.6 Å².